The lowest BCUT2D eigenvalue weighted by atomic mass is 10.1. The molecule has 0 bridgehead atoms. The Bertz CT molecular complexity index is 502. The number of carbonyl (C=O) groups is 1. The van der Waals surface area contributed by atoms with Crippen LogP contribution in [0.2, 0.25) is 0 Å². The van der Waals surface area contributed by atoms with Gasteiger partial charge >= 0.3 is 0 Å². The number of H-pyrrole nitrogens is 1. The molecule has 0 aliphatic rings. The summed E-state index contributed by atoms with van der Waals surface area (Å²) in [5.41, 5.74) is 1.44. The van der Waals surface area contributed by atoms with Gasteiger partial charge in [0, 0.05) is 11.9 Å². The van der Waals surface area contributed by atoms with Crippen molar-refractivity contribution in [3.8, 4) is 0 Å². The summed E-state index contributed by atoms with van der Waals surface area (Å²) >= 11 is 0. The molecule has 1 amide bonds. The maximum absolute atomic E-state index is 11.9. The van der Waals surface area contributed by atoms with Crippen molar-refractivity contribution < 1.29 is 4.79 Å². The summed E-state index contributed by atoms with van der Waals surface area (Å²) in [6.07, 6.45) is 1.72. The van der Waals surface area contributed by atoms with Crippen LogP contribution in [0.4, 0.5) is 0 Å². The summed E-state index contributed by atoms with van der Waals surface area (Å²) in [6, 6.07) is 5.59. The number of nitrogens with zero attached hydrogens (tertiary/aromatic N) is 1. The first kappa shape index (κ1) is 10.7. The SMILES string of the molecule is CC(C)CNC(=O)c1cccc2cn[nH]c12. The summed E-state index contributed by atoms with van der Waals surface area (Å²) < 4.78 is 0. The molecule has 0 unspecified atom stereocenters. The largest absolute Gasteiger partial charge is 0.352 e. The summed E-state index contributed by atoms with van der Waals surface area (Å²) in [7, 11) is 0. The van der Waals surface area contributed by atoms with E-state index in [9.17, 15) is 4.79 Å². The number of para-hydroxylation sites is 1. The highest BCUT2D eigenvalue weighted by molar-refractivity contribution is 6.05. The average Bonchev–Trinajstić information content (AvgIpc) is 2.73. The Balaban J connectivity index is 2.25. The zero-order chi connectivity index (χ0) is 11.5. The van der Waals surface area contributed by atoms with E-state index >= 15 is 0 Å². The lowest BCUT2D eigenvalue weighted by molar-refractivity contribution is 0.0950. The second-order valence-corrected chi connectivity index (χ2v) is 4.24. The van der Waals surface area contributed by atoms with Gasteiger partial charge in [-0.15, -0.1) is 0 Å². The van der Waals surface area contributed by atoms with Crippen LogP contribution in [0.1, 0.15) is 24.2 Å². The molecule has 2 N–H and O–H groups in total. The van der Waals surface area contributed by atoms with Crippen LogP contribution in [-0.4, -0.2) is 22.6 Å². The number of benzene rings is 1. The van der Waals surface area contributed by atoms with Gasteiger partial charge < -0.3 is 5.32 Å². The molecule has 2 aromatic rings. The zero-order valence-corrected chi connectivity index (χ0v) is 9.45. The van der Waals surface area contributed by atoms with E-state index in [2.05, 4.69) is 29.4 Å². The minimum atomic E-state index is -0.0523. The molecule has 2 rings (SSSR count). The Morgan fingerprint density at radius 1 is 1.50 bits per heavy atom. The van der Waals surface area contributed by atoms with E-state index in [0.29, 0.717) is 18.0 Å². The molecule has 0 atom stereocenters. The van der Waals surface area contributed by atoms with Crippen LogP contribution in [0, 0.1) is 5.92 Å². The van der Waals surface area contributed by atoms with Gasteiger partial charge in [0.1, 0.15) is 0 Å². The molecule has 0 fully saturated rings. The highest BCUT2D eigenvalue weighted by atomic mass is 16.1. The standard InChI is InChI=1S/C12H15N3O/c1-8(2)6-13-12(16)10-5-3-4-9-7-14-15-11(9)10/h3-5,7-8H,6H2,1-2H3,(H,13,16)(H,14,15). The number of amides is 1. The van der Waals surface area contributed by atoms with Crippen molar-refractivity contribution in [2.24, 2.45) is 5.92 Å². The van der Waals surface area contributed by atoms with Crippen LogP contribution in [0.3, 0.4) is 0 Å². The normalized spacial score (nSPS) is 10.9. The summed E-state index contributed by atoms with van der Waals surface area (Å²) in [4.78, 5) is 11.9. The number of rotatable bonds is 3. The van der Waals surface area contributed by atoms with Gasteiger partial charge in [-0.2, -0.15) is 5.10 Å². The highest BCUT2D eigenvalue weighted by Gasteiger charge is 2.10. The topological polar surface area (TPSA) is 57.8 Å². The molecule has 0 radical (unpaired) electrons. The van der Waals surface area contributed by atoms with Gasteiger partial charge in [-0.3, -0.25) is 9.89 Å². The van der Waals surface area contributed by atoms with Crippen LogP contribution in [0.5, 0.6) is 0 Å². The van der Waals surface area contributed by atoms with Gasteiger partial charge in [0.2, 0.25) is 0 Å². The van der Waals surface area contributed by atoms with Gasteiger partial charge in [0.25, 0.3) is 5.91 Å². The van der Waals surface area contributed by atoms with E-state index in [4.69, 9.17) is 0 Å². The second kappa shape index (κ2) is 4.35. The predicted octanol–water partition coefficient (Wildman–Crippen LogP) is 1.95. The lowest BCUT2D eigenvalue weighted by Crippen LogP contribution is -2.27. The minimum absolute atomic E-state index is 0.0523. The lowest BCUT2D eigenvalue weighted by Gasteiger charge is -2.07. The fraction of sp³-hybridized carbons (Fsp3) is 0.333. The smallest absolute Gasteiger partial charge is 0.253 e. The fourth-order valence-corrected chi connectivity index (χ4v) is 1.55. The van der Waals surface area contributed by atoms with Crippen molar-refractivity contribution in [3.05, 3.63) is 30.0 Å². The number of hydrogen-bond acceptors (Lipinski definition) is 2. The molecule has 84 valence electrons. The van der Waals surface area contributed by atoms with Gasteiger partial charge in [-0.25, -0.2) is 0 Å². The molecule has 1 heterocycles. The number of aromatic nitrogens is 2. The average molecular weight is 217 g/mol. The number of hydrogen-bond donors (Lipinski definition) is 2. The third kappa shape index (κ3) is 2.05. The van der Waals surface area contributed by atoms with Gasteiger partial charge in [0.05, 0.1) is 17.3 Å². The molecular weight excluding hydrogens is 202 g/mol. The van der Waals surface area contributed by atoms with Crippen LogP contribution >= 0.6 is 0 Å². The Hall–Kier alpha value is -1.84. The summed E-state index contributed by atoms with van der Waals surface area (Å²) in [6.45, 7) is 4.82. The van der Waals surface area contributed by atoms with Crippen LogP contribution < -0.4 is 5.32 Å². The summed E-state index contributed by atoms with van der Waals surface area (Å²) in [5, 5.41) is 10.6. The van der Waals surface area contributed by atoms with Crippen LogP contribution in [0.25, 0.3) is 10.9 Å². The molecular formula is C12H15N3O. The number of aromatic amines is 1. The van der Waals surface area contributed by atoms with Crippen LogP contribution in [-0.2, 0) is 0 Å². The van der Waals surface area contributed by atoms with Crippen molar-refractivity contribution in [2.45, 2.75) is 13.8 Å². The van der Waals surface area contributed by atoms with E-state index in [1.165, 1.54) is 0 Å². The summed E-state index contributed by atoms with van der Waals surface area (Å²) in [5.74, 6) is 0.397. The quantitative estimate of drug-likeness (QED) is 0.825. The maximum Gasteiger partial charge on any atom is 0.253 e. The maximum atomic E-state index is 11.9. The van der Waals surface area contributed by atoms with E-state index in [-0.39, 0.29) is 5.91 Å². The second-order valence-electron chi connectivity index (χ2n) is 4.24. The molecule has 0 spiro atoms. The third-order valence-electron chi connectivity index (χ3n) is 2.39. The zero-order valence-electron chi connectivity index (χ0n) is 9.45. The highest BCUT2D eigenvalue weighted by Crippen LogP contribution is 2.15. The number of fused-ring (bicyclic) bond motifs is 1. The van der Waals surface area contributed by atoms with Gasteiger partial charge in [-0.1, -0.05) is 26.0 Å². The van der Waals surface area contributed by atoms with Crippen molar-refractivity contribution in [1.29, 1.82) is 0 Å². The Kier molecular flexibility index (Phi) is 2.90. The van der Waals surface area contributed by atoms with Crippen molar-refractivity contribution in [3.63, 3.8) is 0 Å². The predicted molar refractivity (Wildman–Crippen MR) is 63.3 cm³/mol. The molecule has 1 aromatic carbocycles. The molecule has 0 saturated heterocycles. The number of carbonyl (C=O) groups excluding carboxylic acids is 1. The first-order valence-corrected chi connectivity index (χ1v) is 5.39. The monoisotopic (exact) mass is 217 g/mol. The Morgan fingerprint density at radius 2 is 2.31 bits per heavy atom. The van der Waals surface area contributed by atoms with E-state index in [0.717, 1.165) is 10.9 Å². The molecule has 0 saturated carbocycles. The Morgan fingerprint density at radius 3 is 3.06 bits per heavy atom. The first-order valence-electron chi connectivity index (χ1n) is 5.39. The van der Waals surface area contributed by atoms with Gasteiger partial charge in [-0.05, 0) is 12.0 Å². The molecule has 4 heteroatoms. The molecule has 16 heavy (non-hydrogen) atoms. The van der Waals surface area contributed by atoms with Crippen molar-refractivity contribution in [2.75, 3.05) is 6.54 Å². The van der Waals surface area contributed by atoms with Gasteiger partial charge in [0.15, 0.2) is 0 Å². The molecule has 0 aliphatic heterocycles. The third-order valence-corrected chi connectivity index (χ3v) is 2.39. The van der Waals surface area contributed by atoms with E-state index in [1.54, 1.807) is 12.3 Å². The molecule has 1 aromatic heterocycles. The molecule has 4 nitrogen and oxygen atoms in total. The van der Waals surface area contributed by atoms with Crippen LogP contribution in [0.15, 0.2) is 24.4 Å². The first-order chi connectivity index (χ1) is 7.68. The van der Waals surface area contributed by atoms with E-state index in [1.807, 2.05) is 12.1 Å². The minimum Gasteiger partial charge on any atom is -0.352 e. The van der Waals surface area contributed by atoms with Crippen molar-refractivity contribution >= 4 is 16.8 Å². The number of nitrogens with one attached hydrogen (secondary N) is 2. The van der Waals surface area contributed by atoms with Crippen molar-refractivity contribution in [1.82, 2.24) is 15.5 Å². The van der Waals surface area contributed by atoms with E-state index < -0.39 is 0 Å². The fourth-order valence-electron chi connectivity index (χ4n) is 1.55. The molecule has 0 aliphatic carbocycles. The Labute approximate surface area is 94.0 Å².